The Balaban J connectivity index is 1.99. The van der Waals surface area contributed by atoms with E-state index in [2.05, 4.69) is 15.7 Å². The molecule has 2 rings (SSSR count). The molecule has 5 nitrogen and oxygen atoms in total. The molecule has 0 saturated heterocycles. The van der Waals surface area contributed by atoms with Crippen molar-refractivity contribution < 1.29 is 13.2 Å². The van der Waals surface area contributed by atoms with Gasteiger partial charge < -0.3 is 4.74 Å². The molecule has 0 aliphatic carbocycles. The van der Waals surface area contributed by atoms with Gasteiger partial charge in [-0.15, -0.1) is 0 Å². The third-order valence-corrected chi connectivity index (χ3v) is 4.95. The second kappa shape index (κ2) is 6.56. The third kappa shape index (κ3) is 3.94. The summed E-state index contributed by atoms with van der Waals surface area (Å²) < 4.78 is 31.4. The number of fused-ring (bicyclic) bond motifs is 1. The molecule has 1 aliphatic heterocycles. The van der Waals surface area contributed by atoms with Crippen molar-refractivity contribution in [2.45, 2.75) is 26.4 Å². The number of hydrogen-bond acceptors (Lipinski definition) is 4. The van der Waals surface area contributed by atoms with Crippen LogP contribution in [0.5, 0.6) is 5.75 Å². The molecule has 0 bridgehead atoms. The molecule has 1 atom stereocenters. The van der Waals surface area contributed by atoms with E-state index in [1.807, 2.05) is 25.1 Å². The maximum Gasteiger partial charge on any atom is 0.211 e. The first-order valence-corrected chi connectivity index (χ1v) is 8.59. The Labute approximate surface area is 121 Å². The third-order valence-electron chi connectivity index (χ3n) is 3.58. The molecule has 1 aromatic carbocycles. The zero-order chi connectivity index (χ0) is 14.6. The van der Waals surface area contributed by atoms with Crippen molar-refractivity contribution >= 4 is 10.0 Å². The highest BCUT2D eigenvalue weighted by molar-refractivity contribution is 7.89. The van der Waals surface area contributed by atoms with Gasteiger partial charge in [-0.2, -0.15) is 0 Å². The minimum Gasteiger partial charge on any atom is -0.492 e. The van der Waals surface area contributed by atoms with E-state index in [0.717, 1.165) is 24.4 Å². The maximum atomic E-state index is 11.5. The number of nitrogens with one attached hydrogen (secondary N) is 1. The molecule has 0 spiro atoms. The van der Waals surface area contributed by atoms with Crippen LogP contribution in [0.1, 0.15) is 19.4 Å². The summed E-state index contributed by atoms with van der Waals surface area (Å²) in [6, 6.07) is 8.12. The van der Waals surface area contributed by atoms with Crippen molar-refractivity contribution in [1.82, 2.24) is 9.62 Å². The number of rotatable bonds is 5. The van der Waals surface area contributed by atoms with Crippen LogP contribution in [0.3, 0.4) is 0 Å². The van der Waals surface area contributed by atoms with E-state index < -0.39 is 10.0 Å². The molecule has 20 heavy (non-hydrogen) atoms. The number of hydrogen-bond donors (Lipinski definition) is 1. The molecule has 112 valence electrons. The summed E-state index contributed by atoms with van der Waals surface area (Å²) in [6.45, 7) is 6.31. The van der Waals surface area contributed by atoms with Crippen molar-refractivity contribution in [3.8, 4) is 5.75 Å². The van der Waals surface area contributed by atoms with Crippen molar-refractivity contribution in [2.75, 3.05) is 25.4 Å². The van der Waals surface area contributed by atoms with Gasteiger partial charge >= 0.3 is 0 Å². The van der Waals surface area contributed by atoms with Crippen LogP contribution in [0.2, 0.25) is 0 Å². The Morgan fingerprint density at radius 3 is 2.90 bits per heavy atom. The fourth-order valence-corrected chi connectivity index (χ4v) is 2.90. The molecular weight excluding hydrogens is 276 g/mol. The first kappa shape index (κ1) is 15.3. The van der Waals surface area contributed by atoms with Crippen LogP contribution in [0.25, 0.3) is 0 Å². The molecule has 0 amide bonds. The van der Waals surface area contributed by atoms with Gasteiger partial charge in [-0.3, -0.25) is 4.90 Å². The topological polar surface area (TPSA) is 58.6 Å². The number of benzene rings is 1. The fourth-order valence-electron chi connectivity index (χ4n) is 2.20. The van der Waals surface area contributed by atoms with Gasteiger partial charge in [0.1, 0.15) is 12.4 Å². The monoisotopic (exact) mass is 298 g/mol. The van der Waals surface area contributed by atoms with Gasteiger partial charge in [0.15, 0.2) is 0 Å². The molecule has 0 fully saturated rings. The largest absolute Gasteiger partial charge is 0.492 e. The number of para-hydroxylation sites is 1. The van der Waals surface area contributed by atoms with Crippen LogP contribution in [-0.2, 0) is 16.6 Å². The number of sulfonamides is 1. The molecule has 0 radical (unpaired) electrons. The SMILES string of the molecule is CCS(=O)(=O)NC[C@H](C)N1CCOc2ccccc2C1. The lowest BCUT2D eigenvalue weighted by Gasteiger charge is -2.27. The standard InChI is InChI=1S/C14H22N2O3S/c1-3-20(17,18)15-10-12(2)16-8-9-19-14-7-5-4-6-13(14)11-16/h4-7,12,15H,3,8-11H2,1-2H3/t12-/m0/s1. The number of ether oxygens (including phenoxy) is 1. The average Bonchev–Trinajstić information content (AvgIpc) is 2.67. The molecular formula is C14H22N2O3S. The van der Waals surface area contributed by atoms with E-state index in [4.69, 9.17) is 4.74 Å². The minimum atomic E-state index is -3.13. The van der Waals surface area contributed by atoms with Crippen LogP contribution in [0.4, 0.5) is 0 Å². The minimum absolute atomic E-state index is 0.117. The van der Waals surface area contributed by atoms with E-state index in [9.17, 15) is 8.42 Å². The van der Waals surface area contributed by atoms with Crippen molar-refractivity contribution in [1.29, 1.82) is 0 Å². The fraction of sp³-hybridized carbons (Fsp3) is 0.571. The normalized spacial score (nSPS) is 17.9. The Morgan fingerprint density at radius 2 is 2.15 bits per heavy atom. The Morgan fingerprint density at radius 1 is 1.40 bits per heavy atom. The lowest BCUT2D eigenvalue weighted by atomic mass is 10.1. The van der Waals surface area contributed by atoms with E-state index in [1.54, 1.807) is 6.92 Å². The molecule has 6 heteroatoms. The van der Waals surface area contributed by atoms with Gasteiger partial charge in [0.2, 0.25) is 10.0 Å². The summed E-state index contributed by atoms with van der Waals surface area (Å²) in [6.07, 6.45) is 0. The molecule has 1 heterocycles. The molecule has 1 N–H and O–H groups in total. The summed E-state index contributed by atoms with van der Waals surface area (Å²) in [4.78, 5) is 2.24. The number of nitrogens with zero attached hydrogens (tertiary/aromatic N) is 1. The molecule has 1 aromatic rings. The van der Waals surface area contributed by atoms with E-state index in [1.165, 1.54) is 0 Å². The second-order valence-electron chi connectivity index (χ2n) is 5.03. The van der Waals surface area contributed by atoms with E-state index in [0.29, 0.717) is 13.2 Å². The predicted molar refractivity (Wildman–Crippen MR) is 79.3 cm³/mol. The summed E-state index contributed by atoms with van der Waals surface area (Å²) >= 11 is 0. The van der Waals surface area contributed by atoms with Gasteiger partial charge in [-0.1, -0.05) is 18.2 Å². The highest BCUT2D eigenvalue weighted by Crippen LogP contribution is 2.23. The van der Waals surface area contributed by atoms with E-state index >= 15 is 0 Å². The van der Waals surface area contributed by atoms with Crippen molar-refractivity contribution in [3.05, 3.63) is 29.8 Å². The lowest BCUT2D eigenvalue weighted by molar-refractivity contribution is 0.180. The summed E-state index contributed by atoms with van der Waals surface area (Å²) in [5.74, 6) is 1.04. The van der Waals surface area contributed by atoms with Gasteiger partial charge in [0.25, 0.3) is 0 Å². The highest BCUT2D eigenvalue weighted by Gasteiger charge is 2.20. The average molecular weight is 298 g/mol. The highest BCUT2D eigenvalue weighted by atomic mass is 32.2. The van der Waals surface area contributed by atoms with Crippen LogP contribution >= 0.6 is 0 Å². The Hall–Kier alpha value is -1.11. The zero-order valence-electron chi connectivity index (χ0n) is 12.0. The maximum absolute atomic E-state index is 11.5. The summed E-state index contributed by atoms with van der Waals surface area (Å²) in [7, 11) is -3.13. The van der Waals surface area contributed by atoms with Gasteiger partial charge in [0, 0.05) is 31.2 Å². The van der Waals surface area contributed by atoms with Crippen LogP contribution < -0.4 is 9.46 Å². The van der Waals surface area contributed by atoms with Gasteiger partial charge in [0.05, 0.1) is 5.75 Å². The lowest BCUT2D eigenvalue weighted by Crippen LogP contribution is -2.43. The van der Waals surface area contributed by atoms with Crippen LogP contribution in [0, 0.1) is 0 Å². The summed E-state index contributed by atoms with van der Waals surface area (Å²) in [5, 5.41) is 0. The smallest absolute Gasteiger partial charge is 0.211 e. The van der Waals surface area contributed by atoms with Gasteiger partial charge in [-0.25, -0.2) is 13.1 Å². The molecule has 0 unspecified atom stereocenters. The summed E-state index contributed by atoms with van der Waals surface area (Å²) in [5.41, 5.74) is 1.15. The Kier molecular flexibility index (Phi) is 5.01. The van der Waals surface area contributed by atoms with Crippen LogP contribution in [0.15, 0.2) is 24.3 Å². The molecule has 1 aliphatic rings. The van der Waals surface area contributed by atoms with E-state index in [-0.39, 0.29) is 11.8 Å². The molecule has 0 saturated carbocycles. The zero-order valence-corrected chi connectivity index (χ0v) is 12.8. The van der Waals surface area contributed by atoms with Gasteiger partial charge in [-0.05, 0) is 19.9 Å². The van der Waals surface area contributed by atoms with Crippen LogP contribution in [-0.4, -0.2) is 44.8 Å². The van der Waals surface area contributed by atoms with Crippen molar-refractivity contribution in [3.63, 3.8) is 0 Å². The Bertz CT molecular complexity index is 545. The molecule has 0 aromatic heterocycles. The predicted octanol–water partition coefficient (Wildman–Crippen LogP) is 1.21. The van der Waals surface area contributed by atoms with Crippen molar-refractivity contribution in [2.24, 2.45) is 0 Å². The second-order valence-corrected chi connectivity index (χ2v) is 7.12. The first-order chi connectivity index (χ1) is 9.52. The quantitative estimate of drug-likeness (QED) is 0.887. The first-order valence-electron chi connectivity index (χ1n) is 6.94.